The molecule has 7 heteroatoms. The summed E-state index contributed by atoms with van der Waals surface area (Å²) in [6.07, 6.45) is 5.83. The molecule has 174 valence electrons. The first-order valence-corrected chi connectivity index (χ1v) is 12.4. The zero-order valence-electron chi connectivity index (χ0n) is 19.0. The average molecular weight is 469 g/mol. The van der Waals surface area contributed by atoms with Gasteiger partial charge in [-0.1, -0.05) is 6.07 Å². The smallest absolute Gasteiger partial charge is 0.161 e. The summed E-state index contributed by atoms with van der Waals surface area (Å²) in [5, 5.41) is 1.11. The van der Waals surface area contributed by atoms with Gasteiger partial charge in [0.25, 0.3) is 0 Å². The van der Waals surface area contributed by atoms with Crippen LogP contribution in [0.5, 0.6) is 11.5 Å². The Bertz CT molecular complexity index is 1140. The molecule has 3 unspecified atom stereocenters. The summed E-state index contributed by atoms with van der Waals surface area (Å²) < 4.78 is 30.9. The predicted molar refractivity (Wildman–Crippen MR) is 128 cm³/mol. The van der Waals surface area contributed by atoms with Crippen LogP contribution in [0, 0.1) is 5.82 Å². The largest absolute Gasteiger partial charge is 0.493 e. The van der Waals surface area contributed by atoms with E-state index in [1.165, 1.54) is 24.4 Å². The van der Waals surface area contributed by atoms with Gasteiger partial charge in [-0.05, 0) is 80.0 Å². The summed E-state index contributed by atoms with van der Waals surface area (Å²) in [5.41, 5.74) is 2.07. The molecule has 3 atom stereocenters. The highest BCUT2D eigenvalue weighted by atomic mass is 32.1. The van der Waals surface area contributed by atoms with Crippen molar-refractivity contribution in [1.29, 1.82) is 0 Å². The van der Waals surface area contributed by atoms with Gasteiger partial charge in [-0.25, -0.2) is 4.39 Å². The summed E-state index contributed by atoms with van der Waals surface area (Å²) in [6.45, 7) is 2.82. The van der Waals surface area contributed by atoms with Gasteiger partial charge in [0.05, 0.1) is 17.5 Å². The first kappa shape index (κ1) is 22.3. The molecule has 33 heavy (non-hydrogen) atoms. The van der Waals surface area contributed by atoms with Crippen molar-refractivity contribution in [3.05, 3.63) is 53.5 Å². The Hall–Kier alpha value is -2.51. The molecule has 2 saturated heterocycles. The van der Waals surface area contributed by atoms with Crippen LogP contribution in [0.15, 0.2) is 36.4 Å². The third-order valence-electron chi connectivity index (χ3n) is 7.17. The first-order chi connectivity index (χ1) is 16.1. The van der Waals surface area contributed by atoms with Crippen molar-refractivity contribution in [1.82, 2.24) is 9.27 Å². The second-order valence-electron chi connectivity index (χ2n) is 9.22. The van der Waals surface area contributed by atoms with Crippen LogP contribution in [-0.4, -0.2) is 47.4 Å². The molecule has 0 amide bonds. The molecule has 3 aromatic rings. The van der Waals surface area contributed by atoms with E-state index in [9.17, 15) is 9.18 Å². The average Bonchev–Trinajstić information content (AvgIpc) is 3.35. The van der Waals surface area contributed by atoms with Crippen LogP contribution >= 0.6 is 11.5 Å². The number of nitrogens with zero attached hydrogens (tertiary/aromatic N) is 2. The molecule has 2 bridgehead atoms. The predicted octanol–water partition coefficient (Wildman–Crippen LogP) is 5.36. The lowest BCUT2D eigenvalue weighted by Crippen LogP contribution is -2.49. The minimum absolute atomic E-state index is 0.198. The molecular formula is C26H29FN2O3S. The number of halogens is 1. The third kappa shape index (κ3) is 4.36. The van der Waals surface area contributed by atoms with Crippen molar-refractivity contribution >= 4 is 27.9 Å². The summed E-state index contributed by atoms with van der Waals surface area (Å²) in [7, 11) is 1.62. The number of methoxy groups -OCH3 is 1. The molecule has 0 radical (unpaired) electrons. The van der Waals surface area contributed by atoms with Gasteiger partial charge in [0.2, 0.25) is 0 Å². The van der Waals surface area contributed by atoms with E-state index in [0.717, 1.165) is 40.5 Å². The molecule has 1 aromatic heterocycles. The van der Waals surface area contributed by atoms with Gasteiger partial charge in [0.15, 0.2) is 11.5 Å². The Morgan fingerprint density at radius 2 is 1.97 bits per heavy atom. The second kappa shape index (κ2) is 9.39. The monoisotopic (exact) mass is 468 g/mol. The van der Waals surface area contributed by atoms with Crippen LogP contribution in [0.4, 0.5) is 4.39 Å². The van der Waals surface area contributed by atoms with Gasteiger partial charge in [-0.15, -0.1) is 0 Å². The minimum atomic E-state index is -0.198. The number of fused-ring (bicyclic) bond motifs is 3. The van der Waals surface area contributed by atoms with Gasteiger partial charge in [0, 0.05) is 35.9 Å². The Morgan fingerprint density at radius 3 is 2.70 bits per heavy atom. The van der Waals surface area contributed by atoms with Crippen LogP contribution in [0.2, 0.25) is 0 Å². The molecular weight excluding hydrogens is 439 g/mol. The van der Waals surface area contributed by atoms with Gasteiger partial charge >= 0.3 is 0 Å². The van der Waals surface area contributed by atoms with Crippen molar-refractivity contribution in [2.24, 2.45) is 0 Å². The highest BCUT2D eigenvalue weighted by molar-refractivity contribution is 7.13. The number of piperidine rings is 1. The Labute approximate surface area is 197 Å². The Kier molecular flexibility index (Phi) is 6.34. The van der Waals surface area contributed by atoms with Crippen LogP contribution in [0.3, 0.4) is 0 Å². The van der Waals surface area contributed by atoms with E-state index in [4.69, 9.17) is 13.8 Å². The molecule has 3 heterocycles. The summed E-state index contributed by atoms with van der Waals surface area (Å²) >= 11 is 1.41. The van der Waals surface area contributed by atoms with Crippen molar-refractivity contribution < 1.29 is 18.7 Å². The zero-order valence-corrected chi connectivity index (χ0v) is 19.8. The van der Waals surface area contributed by atoms with Gasteiger partial charge < -0.3 is 14.3 Å². The van der Waals surface area contributed by atoms with Gasteiger partial charge in [0.1, 0.15) is 18.7 Å². The normalized spacial score (nSPS) is 23.5. The zero-order chi connectivity index (χ0) is 22.9. The number of carbonyl (C=O) groups is 1. The second-order valence-corrected chi connectivity index (χ2v) is 10.0. The van der Waals surface area contributed by atoms with Crippen molar-refractivity contribution in [3.63, 3.8) is 0 Å². The maximum absolute atomic E-state index is 13.6. The van der Waals surface area contributed by atoms with E-state index in [2.05, 4.69) is 11.8 Å². The minimum Gasteiger partial charge on any atom is -0.493 e. The summed E-state index contributed by atoms with van der Waals surface area (Å²) in [6, 6.07) is 12.0. The van der Waals surface area contributed by atoms with E-state index in [1.54, 1.807) is 19.2 Å². The molecule has 5 nitrogen and oxygen atoms in total. The Balaban J connectivity index is 1.26. The lowest BCUT2D eigenvalue weighted by Gasteiger charge is -2.42. The van der Waals surface area contributed by atoms with E-state index in [-0.39, 0.29) is 11.9 Å². The highest BCUT2D eigenvalue weighted by Crippen LogP contribution is 2.45. The number of hydrogen-bond acceptors (Lipinski definition) is 6. The molecule has 2 aliphatic heterocycles. The highest BCUT2D eigenvalue weighted by Gasteiger charge is 2.44. The maximum Gasteiger partial charge on any atom is 0.161 e. The molecule has 0 spiro atoms. The lowest BCUT2D eigenvalue weighted by molar-refractivity contribution is -0.107. The van der Waals surface area contributed by atoms with Crippen LogP contribution in [-0.2, 0) is 11.2 Å². The van der Waals surface area contributed by atoms with Crippen LogP contribution in [0.25, 0.3) is 10.1 Å². The van der Waals surface area contributed by atoms with Crippen LogP contribution in [0.1, 0.15) is 49.8 Å². The van der Waals surface area contributed by atoms with E-state index in [1.807, 2.05) is 24.3 Å². The number of carbonyl (C=O) groups excluding carboxylic acids is 1. The number of hydrogen-bond donors (Lipinski definition) is 0. The molecule has 2 aromatic carbocycles. The van der Waals surface area contributed by atoms with Crippen LogP contribution < -0.4 is 9.47 Å². The number of benzene rings is 2. The number of aldehydes is 1. The van der Waals surface area contributed by atoms with Crippen molar-refractivity contribution in [2.45, 2.75) is 63.1 Å². The van der Waals surface area contributed by atoms with Crippen molar-refractivity contribution in [3.8, 4) is 11.5 Å². The first-order valence-electron chi connectivity index (χ1n) is 11.6. The van der Waals surface area contributed by atoms with Crippen molar-refractivity contribution in [2.75, 3.05) is 13.7 Å². The maximum atomic E-state index is 13.6. The standard InChI is InChI=1S/C26H29FN2O3S/c1-16(15-32-23-8-3-17(9-10-30)11-24(23)31-2)29-20-5-6-21(29)13-18(12-20)26-22-7-4-19(27)14-25(22)33-28-26/h3-4,7-8,10-11,14,16,18,20-21H,5-6,9,12-13,15H2,1-2H3. The molecule has 0 saturated carbocycles. The fourth-order valence-electron chi connectivity index (χ4n) is 5.73. The summed E-state index contributed by atoms with van der Waals surface area (Å²) in [5.74, 6) is 1.60. The van der Waals surface area contributed by atoms with E-state index in [0.29, 0.717) is 42.5 Å². The molecule has 0 aliphatic carbocycles. The SMILES string of the molecule is COc1cc(CC=O)ccc1OCC(C)N1C2CCC1CC(c1nsc3cc(F)ccc13)C2. The molecule has 2 aliphatic rings. The fourth-order valence-corrected chi connectivity index (χ4v) is 6.61. The number of ether oxygens (including phenoxy) is 2. The van der Waals surface area contributed by atoms with Gasteiger partial charge in [-0.3, -0.25) is 4.90 Å². The summed E-state index contributed by atoms with van der Waals surface area (Å²) in [4.78, 5) is 13.4. The Morgan fingerprint density at radius 1 is 1.18 bits per heavy atom. The lowest BCUT2D eigenvalue weighted by atomic mass is 9.86. The number of rotatable bonds is 8. The molecule has 0 N–H and O–H groups in total. The van der Waals surface area contributed by atoms with Gasteiger partial charge in [-0.2, -0.15) is 4.37 Å². The van der Waals surface area contributed by atoms with E-state index < -0.39 is 0 Å². The van der Waals surface area contributed by atoms with E-state index >= 15 is 0 Å². The molecule has 5 rings (SSSR count). The number of aromatic nitrogens is 1. The fraction of sp³-hybridized carbons (Fsp3) is 0.462. The molecule has 2 fully saturated rings. The third-order valence-corrected chi connectivity index (χ3v) is 8.00. The topological polar surface area (TPSA) is 51.7 Å². The quantitative estimate of drug-likeness (QED) is 0.417.